The van der Waals surface area contributed by atoms with Crippen LogP contribution < -0.4 is 14.4 Å². The fourth-order valence-corrected chi connectivity index (χ4v) is 5.21. The molecule has 4 aromatic carbocycles. The molecule has 6 nitrogen and oxygen atoms in total. The van der Waals surface area contributed by atoms with Crippen LogP contribution in [-0.4, -0.2) is 27.5 Å². The number of nitrogens with zero attached hydrogens (tertiary/aromatic N) is 1. The van der Waals surface area contributed by atoms with Gasteiger partial charge in [0.15, 0.2) is 0 Å². The number of carbonyl (C=O) groups is 1. The second-order valence-electron chi connectivity index (χ2n) is 7.69. The minimum Gasteiger partial charge on any atom is -0.492 e. The summed E-state index contributed by atoms with van der Waals surface area (Å²) in [6.07, 6.45) is 3.33. The number of sulfonamides is 1. The number of rotatable bonds is 9. The molecular formula is C28H26N2O4S. The van der Waals surface area contributed by atoms with Gasteiger partial charge in [0.25, 0.3) is 10.0 Å². The Morgan fingerprint density at radius 3 is 2.37 bits per heavy atom. The molecule has 0 saturated heterocycles. The number of anilines is 1. The molecule has 0 radical (unpaired) electrons. The van der Waals surface area contributed by atoms with E-state index >= 15 is 0 Å². The van der Waals surface area contributed by atoms with Gasteiger partial charge in [0.1, 0.15) is 12.3 Å². The molecule has 0 saturated carbocycles. The van der Waals surface area contributed by atoms with Gasteiger partial charge in [-0.05, 0) is 53.6 Å². The Labute approximate surface area is 205 Å². The maximum absolute atomic E-state index is 13.5. The van der Waals surface area contributed by atoms with Crippen LogP contribution in [-0.2, 0) is 14.8 Å². The number of para-hydroxylation sites is 2. The van der Waals surface area contributed by atoms with E-state index < -0.39 is 22.5 Å². The van der Waals surface area contributed by atoms with Crippen molar-refractivity contribution in [3.05, 3.63) is 109 Å². The Balaban J connectivity index is 1.61. The molecule has 1 amide bonds. The molecule has 7 heteroatoms. The molecule has 0 aromatic heterocycles. The van der Waals surface area contributed by atoms with E-state index in [9.17, 15) is 13.2 Å². The molecule has 1 N–H and O–H groups in total. The lowest BCUT2D eigenvalue weighted by molar-refractivity contribution is -0.118. The van der Waals surface area contributed by atoms with Gasteiger partial charge in [-0.3, -0.25) is 9.10 Å². The zero-order valence-corrected chi connectivity index (χ0v) is 20.1. The van der Waals surface area contributed by atoms with E-state index in [-0.39, 0.29) is 4.90 Å². The van der Waals surface area contributed by atoms with Gasteiger partial charge in [-0.1, -0.05) is 72.8 Å². The van der Waals surface area contributed by atoms with Gasteiger partial charge in [0.2, 0.25) is 5.91 Å². The SMILES string of the molecule is CCOc1ccccc1N(CC(=O)N/C=C/c1cccc2ccccc12)S(=O)(=O)c1ccccc1. The molecule has 0 bridgehead atoms. The topological polar surface area (TPSA) is 75.7 Å². The van der Waals surface area contributed by atoms with Gasteiger partial charge in [-0.2, -0.15) is 0 Å². The number of ether oxygens (including phenoxy) is 1. The van der Waals surface area contributed by atoms with E-state index in [1.165, 1.54) is 18.3 Å². The summed E-state index contributed by atoms with van der Waals surface area (Å²) in [7, 11) is -4.03. The Hall–Kier alpha value is -4.10. The van der Waals surface area contributed by atoms with Crippen LogP contribution in [0.3, 0.4) is 0 Å². The van der Waals surface area contributed by atoms with Crippen molar-refractivity contribution in [2.24, 2.45) is 0 Å². The van der Waals surface area contributed by atoms with E-state index in [4.69, 9.17) is 4.74 Å². The smallest absolute Gasteiger partial charge is 0.264 e. The normalized spacial score (nSPS) is 11.5. The van der Waals surface area contributed by atoms with Crippen molar-refractivity contribution in [2.75, 3.05) is 17.5 Å². The molecular weight excluding hydrogens is 460 g/mol. The fourth-order valence-electron chi connectivity index (χ4n) is 3.76. The summed E-state index contributed by atoms with van der Waals surface area (Å²) in [6.45, 7) is 1.76. The van der Waals surface area contributed by atoms with E-state index in [0.29, 0.717) is 18.0 Å². The van der Waals surface area contributed by atoms with Crippen LogP contribution in [0.4, 0.5) is 5.69 Å². The molecule has 178 valence electrons. The van der Waals surface area contributed by atoms with Crippen molar-refractivity contribution in [1.82, 2.24) is 5.32 Å². The van der Waals surface area contributed by atoms with E-state index in [1.54, 1.807) is 48.5 Å². The third kappa shape index (κ3) is 5.53. The standard InChI is InChI=1S/C28H26N2O4S/c1-2-34-27-18-9-8-17-26(27)30(35(32,33)24-14-4-3-5-15-24)21-28(31)29-20-19-23-13-10-12-22-11-6-7-16-25(22)23/h3-20H,2,21H2,1H3,(H,29,31)/b20-19+. The summed E-state index contributed by atoms with van der Waals surface area (Å²) in [5.41, 5.74) is 1.24. The van der Waals surface area contributed by atoms with Crippen LogP contribution in [0.25, 0.3) is 16.8 Å². The second kappa shape index (κ2) is 10.9. The molecule has 4 rings (SSSR count). The number of carbonyl (C=O) groups excluding carboxylic acids is 1. The van der Waals surface area contributed by atoms with E-state index in [1.807, 2.05) is 49.4 Å². The van der Waals surface area contributed by atoms with Gasteiger partial charge in [-0.25, -0.2) is 8.42 Å². The largest absolute Gasteiger partial charge is 0.492 e. The second-order valence-corrected chi connectivity index (χ2v) is 9.56. The van der Waals surface area contributed by atoms with Crippen LogP contribution in [0, 0.1) is 0 Å². The molecule has 0 atom stereocenters. The van der Waals surface area contributed by atoms with Gasteiger partial charge in [-0.15, -0.1) is 0 Å². The summed E-state index contributed by atoms with van der Waals surface area (Å²) in [6, 6.07) is 28.7. The molecule has 4 aromatic rings. The molecule has 0 aliphatic carbocycles. The highest BCUT2D eigenvalue weighted by Gasteiger charge is 2.29. The molecule has 0 aliphatic heterocycles. The maximum atomic E-state index is 13.5. The zero-order valence-electron chi connectivity index (χ0n) is 19.3. The van der Waals surface area contributed by atoms with Crippen LogP contribution in [0.5, 0.6) is 5.75 Å². The quantitative estimate of drug-likeness (QED) is 0.352. The van der Waals surface area contributed by atoms with Crippen molar-refractivity contribution >= 4 is 38.5 Å². The van der Waals surface area contributed by atoms with Gasteiger partial charge in [0.05, 0.1) is 17.2 Å². The fraction of sp³-hybridized carbons (Fsp3) is 0.107. The molecule has 35 heavy (non-hydrogen) atoms. The molecule has 0 aliphatic rings. The lowest BCUT2D eigenvalue weighted by atomic mass is 10.0. The Bertz CT molecular complexity index is 1450. The first-order chi connectivity index (χ1) is 17.0. The third-order valence-corrected chi connectivity index (χ3v) is 7.16. The van der Waals surface area contributed by atoms with Crippen LogP contribution in [0.1, 0.15) is 12.5 Å². The van der Waals surface area contributed by atoms with Crippen LogP contribution in [0.15, 0.2) is 108 Å². The first-order valence-corrected chi connectivity index (χ1v) is 12.7. The maximum Gasteiger partial charge on any atom is 0.264 e. The zero-order chi connectivity index (χ0) is 24.7. The number of amides is 1. The van der Waals surface area contributed by atoms with Crippen molar-refractivity contribution in [3.63, 3.8) is 0 Å². The average Bonchev–Trinajstić information content (AvgIpc) is 2.88. The summed E-state index contributed by atoms with van der Waals surface area (Å²) < 4.78 is 33.8. The van der Waals surface area contributed by atoms with Gasteiger partial charge >= 0.3 is 0 Å². The molecule has 0 heterocycles. The summed E-state index contributed by atoms with van der Waals surface area (Å²) in [5.74, 6) is -0.0964. The Morgan fingerprint density at radius 1 is 0.886 bits per heavy atom. The summed E-state index contributed by atoms with van der Waals surface area (Å²) in [5, 5.41) is 4.85. The lowest BCUT2D eigenvalue weighted by Gasteiger charge is -2.25. The predicted octanol–water partition coefficient (Wildman–Crippen LogP) is 5.22. The highest BCUT2D eigenvalue weighted by atomic mass is 32.2. The number of hydrogen-bond donors (Lipinski definition) is 1. The minimum absolute atomic E-state index is 0.0883. The van der Waals surface area contributed by atoms with Gasteiger partial charge < -0.3 is 10.1 Å². The minimum atomic E-state index is -4.03. The molecule has 0 fully saturated rings. The number of fused-ring (bicyclic) bond motifs is 1. The van der Waals surface area contributed by atoms with Crippen molar-refractivity contribution in [1.29, 1.82) is 0 Å². The van der Waals surface area contributed by atoms with Gasteiger partial charge in [0, 0.05) is 6.20 Å². The highest BCUT2D eigenvalue weighted by molar-refractivity contribution is 7.92. The summed E-state index contributed by atoms with van der Waals surface area (Å²) in [4.78, 5) is 13.0. The number of benzene rings is 4. The Morgan fingerprint density at radius 2 is 1.57 bits per heavy atom. The van der Waals surface area contributed by atoms with E-state index in [2.05, 4.69) is 5.32 Å². The highest BCUT2D eigenvalue weighted by Crippen LogP contribution is 2.32. The average molecular weight is 487 g/mol. The van der Waals surface area contributed by atoms with Crippen molar-refractivity contribution in [2.45, 2.75) is 11.8 Å². The molecule has 0 spiro atoms. The third-order valence-electron chi connectivity index (χ3n) is 5.38. The van der Waals surface area contributed by atoms with Crippen LogP contribution >= 0.6 is 0 Å². The molecule has 0 unspecified atom stereocenters. The van der Waals surface area contributed by atoms with E-state index in [0.717, 1.165) is 20.6 Å². The first kappa shape index (κ1) is 24.0. The first-order valence-electron chi connectivity index (χ1n) is 11.2. The van der Waals surface area contributed by atoms with Crippen molar-refractivity contribution in [3.8, 4) is 5.75 Å². The predicted molar refractivity (Wildman–Crippen MR) is 140 cm³/mol. The van der Waals surface area contributed by atoms with Crippen molar-refractivity contribution < 1.29 is 17.9 Å². The monoisotopic (exact) mass is 486 g/mol. The Kier molecular flexibility index (Phi) is 7.48. The summed E-state index contributed by atoms with van der Waals surface area (Å²) >= 11 is 0. The number of nitrogens with one attached hydrogen (secondary N) is 1. The number of hydrogen-bond acceptors (Lipinski definition) is 4. The van der Waals surface area contributed by atoms with Crippen LogP contribution in [0.2, 0.25) is 0 Å². The lowest BCUT2D eigenvalue weighted by Crippen LogP contribution is -2.39.